The van der Waals surface area contributed by atoms with Crippen LogP contribution < -0.4 is 5.32 Å². The van der Waals surface area contributed by atoms with Crippen LogP contribution >= 0.6 is 11.3 Å². The lowest BCUT2D eigenvalue weighted by Gasteiger charge is -2.16. The summed E-state index contributed by atoms with van der Waals surface area (Å²) in [5.74, 6) is -2.26. The number of anilines is 1. The van der Waals surface area contributed by atoms with E-state index in [9.17, 15) is 13.6 Å². The molecule has 25 heavy (non-hydrogen) atoms. The number of halogens is 2. The molecular formula is C16H15F2N5OS. The highest BCUT2D eigenvalue weighted by molar-refractivity contribution is 7.18. The standard InChI is InChI=1S/C16H15F2N5OS/c1-16(2,3)12-14(23-8-19-7-20-23)25-15(21-12)22-13(24)10-6-9(17)4-5-11(10)18/h4-8H,1-3H3,(H,21,22,24). The first-order valence-corrected chi connectivity index (χ1v) is 8.20. The third kappa shape index (κ3) is 3.55. The van der Waals surface area contributed by atoms with E-state index in [4.69, 9.17) is 0 Å². The van der Waals surface area contributed by atoms with Crippen molar-refractivity contribution < 1.29 is 13.6 Å². The Labute approximate surface area is 146 Å². The van der Waals surface area contributed by atoms with Crippen molar-refractivity contribution in [3.63, 3.8) is 0 Å². The molecule has 2 aromatic heterocycles. The monoisotopic (exact) mass is 363 g/mol. The molecule has 0 saturated heterocycles. The average Bonchev–Trinajstić information content (AvgIpc) is 3.17. The molecule has 1 amide bonds. The smallest absolute Gasteiger partial charge is 0.260 e. The Hall–Kier alpha value is -2.68. The molecule has 1 aromatic carbocycles. The molecule has 0 radical (unpaired) electrons. The Bertz CT molecular complexity index is 915. The number of thiazole rings is 1. The highest BCUT2D eigenvalue weighted by atomic mass is 32.1. The minimum Gasteiger partial charge on any atom is -0.298 e. The summed E-state index contributed by atoms with van der Waals surface area (Å²) in [4.78, 5) is 20.6. The number of amides is 1. The average molecular weight is 363 g/mol. The fourth-order valence-corrected chi connectivity index (χ4v) is 3.26. The first kappa shape index (κ1) is 17.2. The highest BCUT2D eigenvalue weighted by Crippen LogP contribution is 2.34. The van der Waals surface area contributed by atoms with Crippen molar-refractivity contribution in [3.8, 4) is 5.00 Å². The molecule has 3 aromatic rings. The van der Waals surface area contributed by atoms with Crippen molar-refractivity contribution in [2.75, 3.05) is 5.32 Å². The fraction of sp³-hybridized carbons (Fsp3) is 0.250. The van der Waals surface area contributed by atoms with Crippen molar-refractivity contribution in [1.82, 2.24) is 19.7 Å². The van der Waals surface area contributed by atoms with Crippen LogP contribution in [0.25, 0.3) is 5.00 Å². The summed E-state index contributed by atoms with van der Waals surface area (Å²) in [5, 5.41) is 7.57. The molecule has 0 saturated carbocycles. The lowest BCUT2D eigenvalue weighted by atomic mass is 9.92. The summed E-state index contributed by atoms with van der Waals surface area (Å²) in [6.45, 7) is 5.92. The highest BCUT2D eigenvalue weighted by Gasteiger charge is 2.26. The second kappa shape index (κ2) is 6.32. The molecule has 9 heteroatoms. The minimum atomic E-state index is -0.803. The molecule has 2 heterocycles. The van der Waals surface area contributed by atoms with Gasteiger partial charge in [0.25, 0.3) is 5.91 Å². The Morgan fingerprint density at radius 3 is 2.68 bits per heavy atom. The third-order valence-electron chi connectivity index (χ3n) is 3.34. The lowest BCUT2D eigenvalue weighted by Crippen LogP contribution is -2.16. The SMILES string of the molecule is CC(C)(C)c1nc(NC(=O)c2cc(F)ccc2F)sc1-n1cncn1. The van der Waals surface area contributed by atoms with Gasteiger partial charge >= 0.3 is 0 Å². The van der Waals surface area contributed by atoms with Gasteiger partial charge in [0, 0.05) is 5.41 Å². The van der Waals surface area contributed by atoms with Gasteiger partial charge in [-0.05, 0) is 18.2 Å². The van der Waals surface area contributed by atoms with E-state index in [0.717, 1.165) is 18.2 Å². The summed E-state index contributed by atoms with van der Waals surface area (Å²) >= 11 is 1.18. The van der Waals surface area contributed by atoms with Gasteiger partial charge in [0.1, 0.15) is 29.3 Å². The van der Waals surface area contributed by atoms with Crippen LogP contribution in [0.4, 0.5) is 13.9 Å². The van der Waals surface area contributed by atoms with Crippen LogP contribution in [0.2, 0.25) is 0 Å². The maximum atomic E-state index is 13.8. The molecule has 130 valence electrons. The van der Waals surface area contributed by atoms with Crippen molar-refractivity contribution in [2.45, 2.75) is 26.2 Å². The number of carbonyl (C=O) groups excluding carboxylic acids is 1. The van der Waals surface area contributed by atoms with Gasteiger partial charge in [-0.15, -0.1) is 0 Å². The van der Waals surface area contributed by atoms with E-state index in [1.807, 2.05) is 20.8 Å². The summed E-state index contributed by atoms with van der Waals surface area (Å²) in [6.07, 6.45) is 2.92. The molecule has 0 spiro atoms. The van der Waals surface area contributed by atoms with Crippen LogP contribution in [-0.4, -0.2) is 25.7 Å². The summed E-state index contributed by atoms with van der Waals surface area (Å²) in [5.41, 5.74) is 0.0121. The predicted octanol–water partition coefficient (Wildman–Crippen LogP) is 3.55. The zero-order valence-electron chi connectivity index (χ0n) is 13.7. The topological polar surface area (TPSA) is 72.7 Å². The Morgan fingerprint density at radius 1 is 1.28 bits per heavy atom. The van der Waals surface area contributed by atoms with Crippen LogP contribution in [0.5, 0.6) is 0 Å². The van der Waals surface area contributed by atoms with Gasteiger partial charge in [0.15, 0.2) is 5.13 Å². The van der Waals surface area contributed by atoms with E-state index in [-0.39, 0.29) is 16.1 Å². The van der Waals surface area contributed by atoms with Crippen LogP contribution in [0, 0.1) is 11.6 Å². The number of nitrogens with zero attached hydrogens (tertiary/aromatic N) is 4. The van der Waals surface area contributed by atoms with Crippen molar-refractivity contribution >= 4 is 22.4 Å². The van der Waals surface area contributed by atoms with Gasteiger partial charge in [-0.1, -0.05) is 32.1 Å². The Balaban J connectivity index is 1.96. The van der Waals surface area contributed by atoms with Crippen LogP contribution in [-0.2, 0) is 5.41 Å². The van der Waals surface area contributed by atoms with E-state index >= 15 is 0 Å². The van der Waals surface area contributed by atoms with Crippen LogP contribution in [0.15, 0.2) is 30.9 Å². The van der Waals surface area contributed by atoms with E-state index in [2.05, 4.69) is 20.4 Å². The fourth-order valence-electron chi connectivity index (χ4n) is 2.16. The normalized spacial score (nSPS) is 11.6. The number of hydrogen-bond donors (Lipinski definition) is 1. The van der Waals surface area contributed by atoms with Gasteiger partial charge in [0.05, 0.1) is 11.3 Å². The maximum Gasteiger partial charge on any atom is 0.260 e. The first-order valence-electron chi connectivity index (χ1n) is 7.38. The maximum absolute atomic E-state index is 13.8. The number of carbonyl (C=O) groups is 1. The molecule has 0 aliphatic rings. The number of benzene rings is 1. The summed E-state index contributed by atoms with van der Waals surface area (Å²) in [6, 6.07) is 2.71. The molecule has 0 atom stereocenters. The number of hydrogen-bond acceptors (Lipinski definition) is 5. The zero-order chi connectivity index (χ0) is 18.2. The van der Waals surface area contributed by atoms with E-state index in [1.165, 1.54) is 24.0 Å². The quantitative estimate of drug-likeness (QED) is 0.772. The van der Waals surface area contributed by atoms with Gasteiger partial charge in [-0.25, -0.2) is 23.4 Å². The number of nitrogens with one attached hydrogen (secondary N) is 1. The van der Waals surface area contributed by atoms with Crippen molar-refractivity contribution in [2.24, 2.45) is 0 Å². The van der Waals surface area contributed by atoms with Crippen LogP contribution in [0.3, 0.4) is 0 Å². The number of rotatable bonds is 3. The van der Waals surface area contributed by atoms with E-state index in [1.54, 1.807) is 4.68 Å². The lowest BCUT2D eigenvalue weighted by molar-refractivity contribution is 0.102. The number of aromatic nitrogens is 4. The van der Waals surface area contributed by atoms with Crippen LogP contribution in [0.1, 0.15) is 36.8 Å². The Kier molecular flexibility index (Phi) is 4.34. The zero-order valence-corrected chi connectivity index (χ0v) is 14.6. The van der Waals surface area contributed by atoms with Gasteiger partial charge in [-0.3, -0.25) is 10.1 Å². The molecule has 3 rings (SSSR count). The molecule has 1 N–H and O–H groups in total. The summed E-state index contributed by atoms with van der Waals surface area (Å²) < 4.78 is 28.6. The Morgan fingerprint density at radius 2 is 2.04 bits per heavy atom. The van der Waals surface area contributed by atoms with Gasteiger partial charge < -0.3 is 0 Å². The third-order valence-corrected chi connectivity index (χ3v) is 4.30. The molecule has 0 fully saturated rings. The second-order valence-electron chi connectivity index (χ2n) is 6.34. The van der Waals surface area contributed by atoms with E-state index in [0.29, 0.717) is 10.7 Å². The molecule has 6 nitrogen and oxygen atoms in total. The molecule has 0 unspecified atom stereocenters. The first-order chi connectivity index (χ1) is 11.8. The van der Waals surface area contributed by atoms with Gasteiger partial charge in [-0.2, -0.15) is 5.10 Å². The second-order valence-corrected chi connectivity index (χ2v) is 7.32. The molecule has 0 aliphatic heterocycles. The molecular weight excluding hydrogens is 348 g/mol. The van der Waals surface area contributed by atoms with Gasteiger partial charge in [0.2, 0.25) is 0 Å². The molecule has 0 bridgehead atoms. The largest absolute Gasteiger partial charge is 0.298 e. The minimum absolute atomic E-state index is 0.268. The summed E-state index contributed by atoms with van der Waals surface area (Å²) in [7, 11) is 0. The van der Waals surface area contributed by atoms with Crippen molar-refractivity contribution in [3.05, 3.63) is 53.7 Å². The predicted molar refractivity (Wildman–Crippen MR) is 90.0 cm³/mol. The van der Waals surface area contributed by atoms with Crippen molar-refractivity contribution in [1.29, 1.82) is 0 Å². The molecule has 0 aliphatic carbocycles. The van der Waals surface area contributed by atoms with E-state index < -0.39 is 17.5 Å².